The number of piperidine rings is 1. The van der Waals surface area contributed by atoms with Crippen molar-refractivity contribution in [3.63, 3.8) is 0 Å². The first-order chi connectivity index (χ1) is 12.0. The van der Waals surface area contributed by atoms with Gasteiger partial charge in [-0.15, -0.1) is 11.3 Å². The van der Waals surface area contributed by atoms with Crippen LogP contribution in [0.4, 0.5) is 0 Å². The molecule has 0 aromatic carbocycles. The van der Waals surface area contributed by atoms with Crippen molar-refractivity contribution in [2.75, 3.05) is 13.1 Å². The van der Waals surface area contributed by atoms with Crippen LogP contribution in [0.15, 0.2) is 53.4 Å². The van der Waals surface area contributed by atoms with Crippen LogP contribution in [0, 0.1) is 0 Å². The Morgan fingerprint density at radius 1 is 1.36 bits per heavy atom. The third-order valence-corrected chi connectivity index (χ3v) is 7.45. The number of carbonyl (C=O) groups excluding carboxylic acids is 1. The highest BCUT2D eigenvalue weighted by Crippen LogP contribution is 2.32. The fraction of sp³-hybridized carbons (Fsp3) is 0.294. The Bertz CT molecular complexity index is 862. The van der Waals surface area contributed by atoms with Crippen LogP contribution < -0.4 is 5.32 Å². The summed E-state index contributed by atoms with van der Waals surface area (Å²) in [6.07, 6.45) is 4.35. The lowest BCUT2D eigenvalue weighted by atomic mass is 10.1. The fourth-order valence-corrected chi connectivity index (χ4v) is 5.73. The van der Waals surface area contributed by atoms with Gasteiger partial charge in [0.2, 0.25) is 5.91 Å². The van der Waals surface area contributed by atoms with Crippen LogP contribution in [0.5, 0.6) is 0 Å². The number of thiophene rings is 1. The predicted octanol–water partition coefficient (Wildman–Crippen LogP) is 2.27. The zero-order valence-electron chi connectivity index (χ0n) is 13.6. The number of pyridine rings is 1. The van der Waals surface area contributed by atoms with Crippen LogP contribution in [-0.2, 0) is 14.8 Å². The molecule has 3 rings (SSSR count). The topological polar surface area (TPSA) is 79.4 Å². The van der Waals surface area contributed by atoms with Crippen molar-refractivity contribution >= 4 is 27.3 Å². The van der Waals surface area contributed by atoms with Crippen molar-refractivity contribution in [3.8, 4) is 10.6 Å². The molecular formula is C17H19N3O3S2. The average molecular weight is 377 g/mol. The monoisotopic (exact) mass is 377 g/mol. The molecule has 1 aliphatic rings. The van der Waals surface area contributed by atoms with Gasteiger partial charge in [0.25, 0.3) is 10.0 Å². The molecule has 6 nitrogen and oxygen atoms in total. The predicted molar refractivity (Wildman–Crippen MR) is 97.7 cm³/mol. The summed E-state index contributed by atoms with van der Waals surface area (Å²) in [5, 5.41) is 2.78. The van der Waals surface area contributed by atoms with Gasteiger partial charge in [-0.1, -0.05) is 12.6 Å². The number of amides is 1. The van der Waals surface area contributed by atoms with Gasteiger partial charge >= 0.3 is 0 Å². The fourth-order valence-electron chi connectivity index (χ4n) is 2.77. The van der Waals surface area contributed by atoms with Crippen molar-refractivity contribution in [3.05, 3.63) is 49.2 Å². The molecule has 1 atom stereocenters. The SMILES string of the molecule is C=CC(=O)N[C@H]1CCCN(S(=O)(=O)c2ccc(-c3ccccn3)s2)C1. The van der Waals surface area contributed by atoms with E-state index in [0.717, 1.165) is 17.0 Å². The van der Waals surface area contributed by atoms with Crippen molar-refractivity contribution in [2.45, 2.75) is 23.1 Å². The molecule has 1 N–H and O–H groups in total. The lowest BCUT2D eigenvalue weighted by molar-refractivity contribution is -0.117. The highest BCUT2D eigenvalue weighted by Gasteiger charge is 2.31. The van der Waals surface area contributed by atoms with Gasteiger partial charge < -0.3 is 5.32 Å². The van der Waals surface area contributed by atoms with Gasteiger partial charge in [-0.05, 0) is 43.2 Å². The number of hydrogen-bond donors (Lipinski definition) is 1. The summed E-state index contributed by atoms with van der Waals surface area (Å²) in [5.74, 6) is -0.280. The van der Waals surface area contributed by atoms with E-state index in [2.05, 4.69) is 16.9 Å². The Morgan fingerprint density at radius 3 is 2.92 bits per heavy atom. The molecule has 25 heavy (non-hydrogen) atoms. The molecule has 2 aromatic heterocycles. The molecule has 0 saturated carbocycles. The van der Waals surface area contributed by atoms with Crippen LogP contribution in [0.25, 0.3) is 10.6 Å². The first-order valence-electron chi connectivity index (χ1n) is 7.95. The standard InChI is InChI=1S/C17H19N3O3S2/c1-2-16(21)19-13-6-5-11-20(12-13)25(22,23)17-9-8-15(24-17)14-7-3-4-10-18-14/h2-4,7-10,13H,1,5-6,11-12H2,(H,19,21)/t13-/m0/s1. The Labute approximate surface area is 151 Å². The van der Waals surface area contributed by atoms with Gasteiger partial charge in [0.15, 0.2) is 0 Å². The Hall–Kier alpha value is -2.03. The van der Waals surface area contributed by atoms with Crippen LogP contribution >= 0.6 is 11.3 Å². The van der Waals surface area contributed by atoms with Crippen LogP contribution in [0.3, 0.4) is 0 Å². The number of aromatic nitrogens is 1. The van der Waals surface area contributed by atoms with E-state index in [1.54, 1.807) is 18.3 Å². The maximum atomic E-state index is 12.9. The second kappa shape index (κ2) is 7.47. The van der Waals surface area contributed by atoms with E-state index in [0.29, 0.717) is 17.2 Å². The summed E-state index contributed by atoms with van der Waals surface area (Å²) >= 11 is 1.21. The van der Waals surface area contributed by atoms with E-state index in [-0.39, 0.29) is 18.5 Å². The van der Waals surface area contributed by atoms with Crippen molar-refractivity contribution < 1.29 is 13.2 Å². The number of hydrogen-bond acceptors (Lipinski definition) is 5. The molecule has 2 aromatic rings. The molecule has 1 amide bonds. The smallest absolute Gasteiger partial charge is 0.252 e. The third-order valence-electron chi connectivity index (χ3n) is 4.01. The lowest BCUT2D eigenvalue weighted by Crippen LogP contribution is -2.49. The van der Waals surface area contributed by atoms with Crippen molar-refractivity contribution in [2.24, 2.45) is 0 Å². The Morgan fingerprint density at radius 2 is 2.20 bits per heavy atom. The Balaban J connectivity index is 1.78. The minimum absolute atomic E-state index is 0.191. The number of carbonyl (C=O) groups is 1. The van der Waals surface area contributed by atoms with E-state index < -0.39 is 10.0 Å². The molecule has 0 spiro atoms. The summed E-state index contributed by atoms with van der Waals surface area (Å²) in [6, 6.07) is 8.75. The van der Waals surface area contributed by atoms with Crippen LogP contribution in [0.1, 0.15) is 12.8 Å². The third kappa shape index (κ3) is 3.97. The minimum Gasteiger partial charge on any atom is -0.349 e. The lowest BCUT2D eigenvalue weighted by Gasteiger charge is -2.31. The Kier molecular flexibility index (Phi) is 5.31. The maximum Gasteiger partial charge on any atom is 0.252 e. The number of nitrogens with one attached hydrogen (secondary N) is 1. The molecule has 132 valence electrons. The van der Waals surface area contributed by atoms with Crippen molar-refractivity contribution in [1.82, 2.24) is 14.6 Å². The van der Waals surface area contributed by atoms with E-state index in [1.807, 2.05) is 18.2 Å². The molecule has 1 saturated heterocycles. The van der Waals surface area contributed by atoms with Crippen LogP contribution in [0.2, 0.25) is 0 Å². The minimum atomic E-state index is -3.58. The van der Waals surface area contributed by atoms with Crippen LogP contribution in [-0.4, -0.2) is 42.7 Å². The van der Waals surface area contributed by atoms with Gasteiger partial charge in [0, 0.05) is 25.3 Å². The summed E-state index contributed by atoms with van der Waals surface area (Å²) in [6.45, 7) is 4.16. The zero-order chi connectivity index (χ0) is 17.9. The van der Waals surface area contributed by atoms with E-state index in [4.69, 9.17) is 0 Å². The molecule has 1 aliphatic heterocycles. The molecule has 0 bridgehead atoms. The highest BCUT2D eigenvalue weighted by atomic mass is 32.2. The summed E-state index contributed by atoms with van der Waals surface area (Å²) in [7, 11) is -3.58. The number of sulfonamides is 1. The molecular weight excluding hydrogens is 358 g/mol. The van der Waals surface area contributed by atoms with Gasteiger partial charge in [0.1, 0.15) is 4.21 Å². The maximum absolute atomic E-state index is 12.9. The van der Waals surface area contributed by atoms with Gasteiger partial charge in [0.05, 0.1) is 10.6 Å². The zero-order valence-corrected chi connectivity index (χ0v) is 15.2. The van der Waals surface area contributed by atoms with Gasteiger partial charge in [-0.25, -0.2) is 8.42 Å². The largest absolute Gasteiger partial charge is 0.349 e. The second-order valence-electron chi connectivity index (χ2n) is 5.75. The number of rotatable bonds is 5. The molecule has 3 heterocycles. The summed E-state index contributed by atoms with van der Waals surface area (Å²) < 4.78 is 27.6. The molecule has 1 fully saturated rings. The molecule has 0 unspecified atom stereocenters. The van der Waals surface area contributed by atoms with E-state index >= 15 is 0 Å². The summed E-state index contributed by atoms with van der Waals surface area (Å²) in [5.41, 5.74) is 0.753. The first-order valence-corrected chi connectivity index (χ1v) is 10.2. The van der Waals surface area contributed by atoms with Gasteiger partial charge in [-0.2, -0.15) is 4.31 Å². The highest BCUT2D eigenvalue weighted by molar-refractivity contribution is 7.91. The van der Waals surface area contributed by atoms with Gasteiger partial charge in [-0.3, -0.25) is 9.78 Å². The first kappa shape index (κ1) is 17.8. The quantitative estimate of drug-likeness (QED) is 0.811. The second-order valence-corrected chi connectivity index (χ2v) is 9.00. The van der Waals surface area contributed by atoms with E-state index in [1.165, 1.54) is 21.7 Å². The average Bonchev–Trinajstić information content (AvgIpc) is 3.13. The summed E-state index contributed by atoms with van der Waals surface area (Å²) in [4.78, 5) is 16.5. The molecule has 0 aliphatic carbocycles. The molecule has 8 heteroatoms. The molecule has 0 radical (unpaired) electrons. The van der Waals surface area contributed by atoms with E-state index in [9.17, 15) is 13.2 Å². The van der Waals surface area contributed by atoms with Crippen molar-refractivity contribution in [1.29, 1.82) is 0 Å². The number of nitrogens with zero attached hydrogens (tertiary/aromatic N) is 2. The normalized spacial score (nSPS) is 18.6.